The van der Waals surface area contributed by atoms with E-state index in [1.54, 1.807) is 41.9 Å². The normalized spacial score (nSPS) is 16.9. The van der Waals surface area contributed by atoms with Gasteiger partial charge < -0.3 is 4.74 Å². The van der Waals surface area contributed by atoms with E-state index in [0.29, 0.717) is 23.8 Å². The van der Waals surface area contributed by atoms with Gasteiger partial charge in [-0.3, -0.25) is 14.7 Å². The van der Waals surface area contributed by atoms with Gasteiger partial charge in [-0.15, -0.1) is 11.3 Å². The van der Waals surface area contributed by atoms with Crippen molar-refractivity contribution in [1.82, 2.24) is 14.3 Å². The van der Waals surface area contributed by atoms with Crippen LogP contribution in [0, 0.1) is 0 Å². The number of benzene rings is 1. The van der Waals surface area contributed by atoms with Crippen molar-refractivity contribution >= 4 is 54.0 Å². The second-order valence-electron chi connectivity index (χ2n) is 8.18. The minimum absolute atomic E-state index is 0.243. The summed E-state index contributed by atoms with van der Waals surface area (Å²) in [5, 5.41) is 2.25. The molecule has 0 radical (unpaired) electrons. The molecule has 4 aromatic rings. The van der Waals surface area contributed by atoms with Crippen LogP contribution in [0.4, 0.5) is 5.13 Å². The molecule has 0 bridgehead atoms. The third-order valence-corrected chi connectivity index (χ3v) is 10.3. The van der Waals surface area contributed by atoms with Gasteiger partial charge in [-0.1, -0.05) is 29.9 Å². The first-order valence-corrected chi connectivity index (χ1v) is 14.3. The highest BCUT2D eigenvalue weighted by molar-refractivity contribution is 7.91. The maximum atomic E-state index is 14.1. The first-order valence-electron chi connectivity index (χ1n) is 11.2. The van der Waals surface area contributed by atoms with Crippen molar-refractivity contribution in [3.8, 4) is 5.75 Å². The van der Waals surface area contributed by atoms with E-state index in [0.717, 1.165) is 28.6 Å². The highest BCUT2D eigenvalue weighted by atomic mass is 32.2. The number of hydrogen-bond donors (Lipinski definition) is 0. The molecule has 11 heteroatoms. The summed E-state index contributed by atoms with van der Waals surface area (Å²) >= 11 is 2.56. The van der Waals surface area contributed by atoms with Gasteiger partial charge in [0.1, 0.15) is 16.0 Å². The van der Waals surface area contributed by atoms with E-state index in [1.165, 1.54) is 27.0 Å². The van der Waals surface area contributed by atoms with Crippen LogP contribution in [0.15, 0.2) is 64.4 Å². The van der Waals surface area contributed by atoms with Gasteiger partial charge in [-0.25, -0.2) is 13.4 Å². The molecular weight excluding hydrogens is 504 g/mol. The molecule has 0 saturated carbocycles. The van der Waals surface area contributed by atoms with Crippen LogP contribution >= 0.6 is 22.7 Å². The Morgan fingerprint density at radius 3 is 2.86 bits per heavy atom. The number of amides is 1. The maximum absolute atomic E-state index is 14.1. The third-order valence-electron chi connectivity index (χ3n) is 5.94. The molecule has 0 spiro atoms. The molecule has 1 aromatic carbocycles. The Morgan fingerprint density at radius 1 is 1.23 bits per heavy atom. The number of methoxy groups -OCH3 is 1. The van der Waals surface area contributed by atoms with Crippen molar-refractivity contribution in [1.29, 1.82) is 0 Å². The summed E-state index contributed by atoms with van der Waals surface area (Å²) in [6.07, 6.45) is 5.35. The van der Waals surface area contributed by atoms with Crippen LogP contribution < -0.4 is 9.64 Å². The number of carbonyl (C=O) groups excluding carboxylic acids is 1. The van der Waals surface area contributed by atoms with Crippen LogP contribution in [0.3, 0.4) is 0 Å². The molecule has 1 aliphatic heterocycles. The number of sulfonamides is 1. The van der Waals surface area contributed by atoms with E-state index in [1.807, 2.05) is 30.3 Å². The number of carbonyl (C=O) groups is 1. The zero-order valence-corrected chi connectivity index (χ0v) is 21.5. The van der Waals surface area contributed by atoms with Gasteiger partial charge in [0.2, 0.25) is 5.91 Å². The second kappa shape index (κ2) is 10.0. The van der Waals surface area contributed by atoms with Gasteiger partial charge >= 0.3 is 0 Å². The number of anilines is 1. The Hall–Kier alpha value is -2.86. The highest BCUT2D eigenvalue weighted by Crippen LogP contribution is 2.35. The van der Waals surface area contributed by atoms with E-state index in [2.05, 4.69) is 4.98 Å². The van der Waals surface area contributed by atoms with Crippen LogP contribution in [0.25, 0.3) is 10.2 Å². The summed E-state index contributed by atoms with van der Waals surface area (Å²) in [5.41, 5.74) is 1.56. The predicted molar refractivity (Wildman–Crippen MR) is 137 cm³/mol. The van der Waals surface area contributed by atoms with E-state index < -0.39 is 16.1 Å². The quantitative estimate of drug-likeness (QED) is 0.350. The fraction of sp³-hybridized carbons (Fsp3) is 0.292. The number of aromatic nitrogens is 2. The summed E-state index contributed by atoms with van der Waals surface area (Å²) < 4.78 is 34.7. The smallest absolute Gasteiger partial charge is 0.253 e. The van der Waals surface area contributed by atoms with Crippen molar-refractivity contribution in [3.63, 3.8) is 0 Å². The molecule has 4 heterocycles. The summed E-state index contributed by atoms with van der Waals surface area (Å²) in [6, 6.07) is 11.8. The number of piperidine rings is 1. The molecule has 1 unspecified atom stereocenters. The fourth-order valence-corrected chi connectivity index (χ4v) is 7.92. The first-order chi connectivity index (χ1) is 17.0. The van der Waals surface area contributed by atoms with Crippen molar-refractivity contribution in [3.05, 3.63) is 65.8 Å². The lowest BCUT2D eigenvalue weighted by Gasteiger charge is -2.35. The Labute approximate surface area is 211 Å². The van der Waals surface area contributed by atoms with Gasteiger partial charge in [0.25, 0.3) is 10.0 Å². The van der Waals surface area contributed by atoms with Crippen LogP contribution in [-0.2, 0) is 21.4 Å². The molecule has 1 atom stereocenters. The summed E-state index contributed by atoms with van der Waals surface area (Å²) in [6.45, 7) is 0.557. The number of nitrogens with zero attached hydrogens (tertiary/aromatic N) is 4. The van der Waals surface area contributed by atoms with Crippen LogP contribution in [0.2, 0.25) is 0 Å². The van der Waals surface area contributed by atoms with E-state index in [-0.39, 0.29) is 16.7 Å². The van der Waals surface area contributed by atoms with Gasteiger partial charge in [0.05, 0.1) is 23.9 Å². The van der Waals surface area contributed by atoms with Gasteiger partial charge in [-0.2, -0.15) is 4.31 Å². The molecule has 3 aromatic heterocycles. The van der Waals surface area contributed by atoms with Crippen molar-refractivity contribution in [2.24, 2.45) is 0 Å². The molecule has 1 amide bonds. The Bertz CT molecular complexity index is 1420. The first kappa shape index (κ1) is 23.9. The van der Waals surface area contributed by atoms with Crippen LogP contribution in [0.5, 0.6) is 5.75 Å². The average molecular weight is 529 g/mol. The minimum Gasteiger partial charge on any atom is -0.497 e. The average Bonchev–Trinajstić information content (AvgIpc) is 3.58. The zero-order valence-electron chi connectivity index (χ0n) is 19.0. The maximum Gasteiger partial charge on any atom is 0.253 e. The topological polar surface area (TPSA) is 92.7 Å². The minimum atomic E-state index is -3.78. The molecule has 1 fully saturated rings. The summed E-state index contributed by atoms with van der Waals surface area (Å²) in [4.78, 5) is 24.6. The lowest BCUT2D eigenvalue weighted by Crippen LogP contribution is -2.52. The third kappa shape index (κ3) is 4.81. The molecular formula is C24H24N4O4S3. The van der Waals surface area contributed by atoms with Crippen molar-refractivity contribution in [2.45, 2.75) is 36.1 Å². The Kier molecular flexibility index (Phi) is 6.83. The van der Waals surface area contributed by atoms with E-state index in [9.17, 15) is 13.2 Å². The summed E-state index contributed by atoms with van der Waals surface area (Å²) in [5.74, 6) is 0.402. The lowest BCUT2D eigenvalue weighted by molar-refractivity contribution is -0.123. The molecule has 35 heavy (non-hydrogen) atoms. The van der Waals surface area contributed by atoms with Gasteiger partial charge in [-0.05, 0) is 48.1 Å². The van der Waals surface area contributed by atoms with E-state index >= 15 is 0 Å². The van der Waals surface area contributed by atoms with Crippen LogP contribution in [0.1, 0.15) is 24.8 Å². The Balaban J connectivity index is 1.54. The number of hydrogen-bond acceptors (Lipinski definition) is 8. The molecule has 1 aliphatic rings. The van der Waals surface area contributed by atoms with E-state index in [4.69, 9.17) is 9.72 Å². The van der Waals surface area contributed by atoms with Gasteiger partial charge in [0, 0.05) is 25.0 Å². The number of thiazole rings is 1. The lowest BCUT2D eigenvalue weighted by atomic mass is 10.0. The SMILES string of the molecule is COc1ccc2sc(N(Cc3cccnc3)C(=O)C3CCCCN3S(=O)(=O)c3cccs3)nc2c1. The van der Waals surface area contributed by atoms with Crippen molar-refractivity contribution in [2.75, 3.05) is 18.6 Å². The molecule has 8 nitrogen and oxygen atoms in total. The van der Waals surface area contributed by atoms with Gasteiger partial charge in [0.15, 0.2) is 5.13 Å². The number of fused-ring (bicyclic) bond motifs is 1. The number of ether oxygens (including phenoxy) is 1. The van der Waals surface area contributed by atoms with Crippen molar-refractivity contribution < 1.29 is 17.9 Å². The number of pyridine rings is 1. The molecule has 0 N–H and O–H groups in total. The largest absolute Gasteiger partial charge is 0.497 e. The molecule has 1 saturated heterocycles. The second-order valence-corrected chi connectivity index (χ2v) is 12.2. The predicted octanol–water partition coefficient (Wildman–Crippen LogP) is 4.54. The fourth-order valence-electron chi connectivity index (χ4n) is 4.20. The summed E-state index contributed by atoms with van der Waals surface area (Å²) in [7, 11) is -2.18. The van der Waals surface area contributed by atoms with Crippen LogP contribution in [-0.4, -0.2) is 48.3 Å². The Morgan fingerprint density at radius 2 is 2.11 bits per heavy atom. The zero-order chi connectivity index (χ0) is 24.4. The number of thiophene rings is 1. The monoisotopic (exact) mass is 528 g/mol. The highest BCUT2D eigenvalue weighted by Gasteiger charge is 2.40. The number of rotatable bonds is 7. The molecule has 0 aliphatic carbocycles. The molecule has 182 valence electrons. The molecule has 5 rings (SSSR count). The standard InChI is InChI=1S/C24H24N4O4S3/c1-32-18-9-10-21-19(14-18)26-24(34-21)27(16-17-6-4-11-25-15-17)23(29)20-7-2-3-12-28(20)35(30,31)22-8-5-13-33-22/h4-6,8-11,13-15,20H,2-3,7,12,16H2,1H3.